The summed E-state index contributed by atoms with van der Waals surface area (Å²) in [6.45, 7) is 0.0254. The molecule has 1 aromatic carbocycles. The Labute approximate surface area is 128 Å². The lowest BCUT2D eigenvalue weighted by Crippen LogP contribution is -2.38. The molecule has 1 rings (SSSR count). The normalized spacial score (nSPS) is 10.3. The summed E-state index contributed by atoms with van der Waals surface area (Å²) in [6.07, 6.45) is 0.187. The van der Waals surface area contributed by atoms with E-state index < -0.39 is 18.3 Å². The molecule has 0 heterocycles. The highest BCUT2D eigenvalue weighted by atomic mass is 19.1. The highest BCUT2D eigenvalue weighted by Gasteiger charge is 2.17. The third-order valence-electron chi connectivity index (χ3n) is 3.12. The van der Waals surface area contributed by atoms with Gasteiger partial charge in [-0.25, -0.2) is 4.39 Å². The number of carbonyl (C=O) groups is 2. The number of nitrogens with zero attached hydrogens (tertiary/aromatic N) is 1. The van der Waals surface area contributed by atoms with Gasteiger partial charge in [-0.3, -0.25) is 9.59 Å². The van der Waals surface area contributed by atoms with Gasteiger partial charge in [-0.05, 0) is 18.1 Å². The van der Waals surface area contributed by atoms with E-state index >= 15 is 0 Å². The van der Waals surface area contributed by atoms with Crippen molar-refractivity contribution in [2.75, 3.05) is 33.9 Å². The van der Waals surface area contributed by atoms with Crippen molar-refractivity contribution < 1.29 is 28.6 Å². The number of carboxylic acids is 1. The first-order chi connectivity index (χ1) is 10.5. The van der Waals surface area contributed by atoms with Crippen LogP contribution in [0.3, 0.4) is 0 Å². The van der Waals surface area contributed by atoms with Crippen LogP contribution in [0.15, 0.2) is 18.2 Å². The van der Waals surface area contributed by atoms with Gasteiger partial charge in [0.1, 0.15) is 6.54 Å². The molecule has 0 aliphatic heterocycles. The van der Waals surface area contributed by atoms with Crippen molar-refractivity contribution in [1.29, 1.82) is 0 Å². The van der Waals surface area contributed by atoms with E-state index in [2.05, 4.69) is 0 Å². The average molecular weight is 313 g/mol. The molecule has 6 nitrogen and oxygen atoms in total. The Morgan fingerprint density at radius 1 is 1.32 bits per heavy atom. The summed E-state index contributed by atoms with van der Waals surface area (Å²) in [5.41, 5.74) is 0.356. The lowest BCUT2D eigenvalue weighted by atomic mass is 10.1. The van der Waals surface area contributed by atoms with Crippen molar-refractivity contribution in [1.82, 2.24) is 4.90 Å². The number of benzene rings is 1. The molecule has 22 heavy (non-hydrogen) atoms. The number of aryl methyl sites for hydroxylation is 1. The van der Waals surface area contributed by atoms with E-state index in [-0.39, 0.29) is 37.6 Å². The molecule has 1 aromatic rings. The molecule has 0 fully saturated rings. The second-order valence-corrected chi connectivity index (χ2v) is 4.64. The maximum atomic E-state index is 14.0. The Morgan fingerprint density at radius 3 is 2.64 bits per heavy atom. The second-order valence-electron chi connectivity index (χ2n) is 4.64. The van der Waals surface area contributed by atoms with E-state index in [1.165, 1.54) is 25.2 Å². The Bertz CT molecular complexity index is 521. The lowest BCUT2D eigenvalue weighted by Gasteiger charge is -2.20. The first-order valence-electron chi connectivity index (χ1n) is 6.79. The minimum absolute atomic E-state index is 0.0150. The largest absolute Gasteiger partial charge is 0.494 e. The Kier molecular flexibility index (Phi) is 7.31. The van der Waals surface area contributed by atoms with Crippen LogP contribution in [-0.2, 0) is 20.7 Å². The van der Waals surface area contributed by atoms with Crippen molar-refractivity contribution in [3.63, 3.8) is 0 Å². The van der Waals surface area contributed by atoms with Crippen LogP contribution < -0.4 is 4.74 Å². The smallest absolute Gasteiger partial charge is 0.323 e. The van der Waals surface area contributed by atoms with Crippen LogP contribution in [0.2, 0.25) is 0 Å². The number of carbonyl (C=O) groups excluding carboxylic acids is 1. The van der Waals surface area contributed by atoms with Gasteiger partial charge in [-0.15, -0.1) is 0 Å². The summed E-state index contributed by atoms with van der Waals surface area (Å²) >= 11 is 0. The zero-order valence-corrected chi connectivity index (χ0v) is 12.7. The van der Waals surface area contributed by atoms with Crippen LogP contribution in [0.4, 0.5) is 4.39 Å². The Hall–Kier alpha value is -2.15. The molecule has 0 unspecified atom stereocenters. The van der Waals surface area contributed by atoms with E-state index in [1.54, 1.807) is 12.1 Å². The zero-order chi connectivity index (χ0) is 16.5. The quantitative estimate of drug-likeness (QED) is 0.744. The van der Waals surface area contributed by atoms with E-state index in [0.717, 1.165) is 0 Å². The molecule has 1 amide bonds. The fourth-order valence-electron chi connectivity index (χ4n) is 1.96. The Balaban J connectivity index is 2.67. The monoisotopic (exact) mass is 313 g/mol. The Morgan fingerprint density at radius 2 is 2.05 bits per heavy atom. The minimum Gasteiger partial charge on any atom is -0.494 e. The van der Waals surface area contributed by atoms with Crippen LogP contribution in [0.1, 0.15) is 12.0 Å². The third kappa shape index (κ3) is 5.33. The number of carboxylic acid groups (broad SMARTS) is 1. The molecule has 0 atom stereocenters. The molecule has 7 heteroatoms. The van der Waals surface area contributed by atoms with Gasteiger partial charge in [0.2, 0.25) is 5.91 Å². The number of hydrogen-bond donors (Lipinski definition) is 1. The lowest BCUT2D eigenvalue weighted by molar-refractivity contribution is -0.144. The molecule has 0 aliphatic carbocycles. The van der Waals surface area contributed by atoms with Crippen molar-refractivity contribution in [3.05, 3.63) is 29.6 Å². The predicted molar refractivity (Wildman–Crippen MR) is 77.4 cm³/mol. The highest BCUT2D eigenvalue weighted by Crippen LogP contribution is 2.21. The molecule has 0 saturated carbocycles. The van der Waals surface area contributed by atoms with Crippen LogP contribution in [0, 0.1) is 5.82 Å². The SMILES string of the molecule is COCCN(CC(=O)O)C(=O)CCc1cccc(OC)c1F. The average Bonchev–Trinajstić information content (AvgIpc) is 2.49. The molecule has 0 radical (unpaired) electrons. The number of halogens is 1. The first kappa shape index (κ1) is 17.9. The number of amides is 1. The summed E-state index contributed by atoms with van der Waals surface area (Å²) in [4.78, 5) is 24.0. The van der Waals surface area contributed by atoms with Gasteiger partial charge in [0, 0.05) is 20.1 Å². The summed E-state index contributed by atoms with van der Waals surface area (Å²) < 4.78 is 23.7. The van der Waals surface area contributed by atoms with Gasteiger partial charge >= 0.3 is 5.97 Å². The topological polar surface area (TPSA) is 76.1 Å². The molecule has 0 spiro atoms. The maximum Gasteiger partial charge on any atom is 0.323 e. The summed E-state index contributed by atoms with van der Waals surface area (Å²) in [6, 6.07) is 4.71. The third-order valence-corrected chi connectivity index (χ3v) is 3.12. The van der Waals surface area contributed by atoms with Gasteiger partial charge < -0.3 is 19.5 Å². The van der Waals surface area contributed by atoms with Gasteiger partial charge in [-0.2, -0.15) is 0 Å². The number of aliphatic carboxylic acids is 1. The minimum atomic E-state index is -1.10. The van der Waals surface area contributed by atoms with Crippen molar-refractivity contribution in [2.24, 2.45) is 0 Å². The van der Waals surface area contributed by atoms with Crippen molar-refractivity contribution >= 4 is 11.9 Å². The van der Waals surface area contributed by atoms with E-state index in [1.807, 2.05) is 0 Å². The molecule has 1 N–H and O–H groups in total. The molecule has 0 aromatic heterocycles. The van der Waals surface area contributed by atoms with Gasteiger partial charge in [0.05, 0.1) is 13.7 Å². The molecule has 0 saturated heterocycles. The summed E-state index contributed by atoms with van der Waals surface area (Å²) in [7, 11) is 2.84. The molecule has 0 bridgehead atoms. The maximum absolute atomic E-state index is 14.0. The predicted octanol–water partition coefficient (Wildman–Crippen LogP) is 1.33. The molecule has 122 valence electrons. The number of hydrogen-bond acceptors (Lipinski definition) is 4. The highest BCUT2D eigenvalue weighted by molar-refractivity contribution is 5.81. The fraction of sp³-hybridized carbons (Fsp3) is 0.467. The van der Waals surface area contributed by atoms with Crippen LogP contribution >= 0.6 is 0 Å². The summed E-state index contributed by atoms with van der Waals surface area (Å²) in [5, 5.41) is 8.82. The van der Waals surface area contributed by atoms with Crippen LogP contribution in [0.25, 0.3) is 0 Å². The fourth-order valence-corrected chi connectivity index (χ4v) is 1.96. The van der Waals surface area contributed by atoms with Crippen molar-refractivity contribution in [2.45, 2.75) is 12.8 Å². The number of methoxy groups -OCH3 is 2. The van der Waals surface area contributed by atoms with E-state index in [0.29, 0.717) is 5.56 Å². The first-order valence-corrected chi connectivity index (χ1v) is 6.79. The molecule has 0 aliphatic rings. The standard InChI is InChI=1S/C15H20FNO5/c1-21-9-8-17(10-14(19)20)13(18)7-6-11-4-3-5-12(22-2)15(11)16/h3-5H,6-10H2,1-2H3,(H,19,20). The van der Waals surface area contributed by atoms with Crippen LogP contribution in [-0.4, -0.2) is 55.8 Å². The molecular weight excluding hydrogens is 293 g/mol. The number of rotatable bonds is 9. The van der Waals surface area contributed by atoms with E-state index in [4.69, 9.17) is 14.6 Å². The van der Waals surface area contributed by atoms with Crippen LogP contribution in [0.5, 0.6) is 5.75 Å². The molecular formula is C15H20FNO5. The van der Waals surface area contributed by atoms with Crippen molar-refractivity contribution in [3.8, 4) is 5.75 Å². The van der Waals surface area contributed by atoms with Gasteiger partial charge in [0.25, 0.3) is 0 Å². The van der Waals surface area contributed by atoms with E-state index in [9.17, 15) is 14.0 Å². The second kappa shape index (κ2) is 8.99. The van der Waals surface area contributed by atoms with Gasteiger partial charge in [-0.1, -0.05) is 12.1 Å². The zero-order valence-electron chi connectivity index (χ0n) is 12.7. The number of ether oxygens (including phenoxy) is 2. The summed E-state index contributed by atoms with van der Waals surface area (Å²) in [5.74, 6) is -1.84. The van der Waals surface area contributed by atoms with Gasteiger partial charge in [0.15, 0.2) is 11.6 Å².